The van der Waals surface area contributed by atoms with Crippen molar-refractivity contribution in [3.05, 3.63) is 68.3 Å². The first-order valence-corrected chi connectivity index (χ1v) is 19.8. The Morgan fingerprint density at radius 2 is 1.85 bits per heavy atom. The van der Waals surface area contributed by atoms with E-state index in [1.165, 1.54) is 14.0 Å². The minimum absolute atomic E-state index is 0.0261. The standard InChI is InChI=1S/C41H50N4O9S/c1-21-14-26-10-9-13-45(30(19-55-8)35(43-5)33(26)36(47)37(21)50-7)29(32-22(2)38(54-24(4)46)23(3)39-40(32)53-20-52-39)18-51-41(48)34-28-16-31(49-6)27(17-42)15-25(28)11-12-44-34/h14-16,29-30,34-35,43-44,47H,9-13,18-20H2,1-8H3/t29-,30?,34+,35-/m0/s1. The number of hydrogen-bond acceptors (Lipinski definition) is 14. The highest BCUT2D eigenvalue weighted by atomic mass is 32.2. The van der Waals surface area contributed by atoms with Gasteiger partial charge in [-0.1, -0.05) is 6.07 Å². The number of benzene rings is 3. The van der Waals surface area contributed by atoms with Gasteiger partial charge in [0.2, 0.25) is 6.79 Å². The molecule has 3 aliphatic rings. The normalized spacial score (nSPS) is 19.6. The highest BCUT2D eigenvalue weighted by molar-refractivity contribution is 7.98. The Labute approximate surface area is 326 Å². The smallest absolute Gasteiger partial charge is 0.327 e. The number of likely N-dealkylation sites (N-methyl/N-ethyl adjacent to an activating group) is 1. The first-order valence-electron chi connectivity index (χ1n) is 18.4. The van der Waals surface area contributed by atoms with Gasteiger partial charge in [-0.25, -0.2) is 4.79 Å². The third-order valence-corrected chi connectivity index (χ3v) is 11.6. The first kappa shape index (κ1) is 40.0. The Bertz CT molecular complexity index is 2010. The number of nitrogens with zero attached hydrogens (tertiary/aromatic N) is 2. The summed E-state index contributed by atoms with van der Waals surface area (Å²) in [6.07, 6.45) is 4.08. The SMILES string of the molecule is CN[C@@H]1c2c(cc(C)c(OC)c2O)CCCN([C@@H](COC(=O)[C@@H]2NCCc3cc(C#N)c(OC)cc32)c2c(C)c(OC(C)=O)c(C)c3c2OCO3)C1CSC. The molecule has 0 aromatic heterocycles. The Morgan fingerprint density at radius 1 is 1.09 bits per heavy atom. The van der Waals surface area contributed by atoms with Crippen LogP contribution in [0.3, 0.4) is 0 Å². The predicted octanol–water partition coefficient (Wildman–Crippen LogP) is 5.27. The van der Waals surface area contributed by atoms with Crippen LogP contribution >= 0.6 is 11.8 Å². The molecule has 0 bridgehead atoms. The van der Waals surface area contributed by atoms with E-state index in [9.17, 15) is 20.0 Å². The maximum Gasteiger partial charge on any atom is 0.327 e. The molecule has 0 radical (unpaired) electrons. The fourth-order valence-electron chi connectivity index (χ4n) is 8.54. The second-order valence-corrected chi connectivity index (χ2v) is 15.0. The van der Waals surface area contributed by atoms with E-state index in [1.54, 1.807) is 31.0 Å². The number of phenolic OH excluding ortho intramolecular Hbond substituents is 1. The second-order valence-electron chi connectivity index (χ2n) is 14.1. The van der Waals surface area contributed by atoms with Crippen molar-refractivity contribution in [2.24, 2.45) is 0 Å². The van der Waals surface area contributed by atoms with E-state index in [1.807, 2.05) is 34.1 Å². The minimum atomic E-state index is -0.800. The summed E-state index contributed by atoms with van der Waals surface area (Å²) in [5, 5.41) is 28.3. The Kier molecular flexibility index (Phi) is 12.4. The van der Waals surface area contributed by atoms with Gasteiger partial charge in [-0.2, -0.15) is 17.0 Å². The molecule has 14 heteroatoms. The molecule has 3 aromatic carbocycles. The van der Waals surface area contributed by atoms with E-state index < -0.39 is 24.0 Å². The molecule has 1 unspecified atom stereocenters. The quantitative estimate of drug-likeness (QED) is 0.171. The summed E-state index contributed by atoms with van der Waals surface area (Å²) < 4.78 is 35.6. The molecule has 0 fully saturated rings. The van der Waals surface area contributed by atoms with Gasteiger partial charge in [-0.15, -0.1) is 0 Å². The fourth-order valence-corrected chi connectivity index (χ4v) is 9.27. The molecule has 3 aromatic rings. The lowest BCUT2D eigenvalue weighted by Crippen LogP contribution is -2.50. The zero-order chi connectivity index (χ0) is 39.6. The Balaban J connectivity index is 1.49. The van der Waals surface area contributed by atoms with Crippen LogP contribution in [0.25, 0.3) is 0 Å². The van der Waals surface area contributed by atoms with Crippen molar-refractivity contribution in [3.63, 3.8) is 0 Å². The molecule has 0 aliphatic carbocycles. The molecule has 0 amide bonds. The summed E-state index contributed by atoms with van der Waals surface area (Å²) in [5.41, 5.74) is 6.64. The first-order chi connectivity index (χ1) is 26.5. The molecule has 13 nitrogen and oxygen atoms in total. The van der Waals surface area contributed by atoms with Crippen LogP contribution in [0.2, 0.25) is 0 Å². The molecule has 0 saturated carbocycles. The average Bonchev–Trinajstić information content (AvgIpc) is 3.66. The second kappa shape index (κ2) is 17.0. The fraction of sp³-hybridized carbons (Fsp3) is 0.488. The van der Waals surface area contributed by atoms with Crippen molar-refractivity contribution < 1.29 is 43.1 Å². The van der Waals surface area contributed by atoms with Crippen LogP contribution in [0, 0.1) is 32.1 Å². The average molecular weight is 775 g/mol. The molecule has 6 rings (SSSR count). The van der Waals surface area contributed by atoms with Crippen LogP contribution in [0.5, 0.6) is 34.5 Å². The Hall–Kier alpha value is -4.68. The number of ether oxygens (including phenoxy) is 6. The number of phenols is 1. The van der Waals surface area contributed by atoms with Crippen LogP contribution in [-0.4, -0.2) is 87.8 Å². The van der Waals surface area contributed by atoms with Crippen molar-refractivity contribution in [1.82, 2.24) is 15.5 Å². The molecule has 4 atom stereocenters. The number of rotatable bonds is 11. The topological polar surface area (TPSA) is 161 Å². The largest absolute Gasteiger partial charge is 0.504 e. The molecule has 3 aliphatic heterocycles. The van der Waals surface area contributed by atoms with E-state index >= 15 is 0 Å². The van der Waals surface area contributed by atoms with Gasteiger partial charge >= 0.3 is 11.9 Å². The van der Waals surface area contributed by atoms with Crippen LogP contribution in [0.4, 0.5) is 0 Å². The van der Waals surface area contributed by atoms with Gasteiger partial charge in [-0.3, -0.25) is 9.69 Å². The number of hydrogen-bond donors (Lipinski definition) is 3. The molecule has 3 N–H and O–H groups in total. The number of nitriles is 1. The van der Waals surface area contributed by atoms with E-state index in [0.717, 1.165) is 28.7 Å². The van der Waals surface area contributed by atoms with E-state index in [-0.39, 0.29) is 31.2 Å². The summed E-state index contributed by atoms with van der Waals surface area (Å²) in [6, 6.07) is 5.76. The molecule has 55 heavy (non-hydrogen) atoms. The lowest BCUT2D eigenvalue weighted by atomic mass is 9.85. The molecule has 294 valence electrons. The summed E-state index contributed by atoms with van der Waals surface area (Å²) in [7, 11) is 4.94. The Morgan fingerprint density at radius 3 is 2.53 bits per heavy atom. The zero-order valence-corrected chi connectivity index (χ0v) is 33.5. The van der Waals surface area contributed by atoms with Crippen molar-refractivity contribution in [2.45, 2.75) is 71.1 Å². The highest BCUT2D eigenvalue weighted by Gasteiger charge is 2.42. The van der Waals surface area contributed by atoms with Crippen LogP contribution in [0.1, 0.15) is 81.5 Å². The van der Waals surface area contributed by atoms with Crippen molar-refractivity contribution in [2.75, 3.05) is 59.8 Å². The lowest BCUT2D eigenvalue weighted by molar-refractivity contribution is -0.149. The molecule has 3 heterocycles. The number of fused-ring (bicyclic) bond motifs is 3. The van der Waals surface area contributed by atoms with Gasteiger partial charge in [0.25, 0.3) is 0 Å². The lowest BCUT2D eigenvalue weighted by Gasteiger charge is -2.44. The van der Waals surface area contributed by atoms with E-state index in [0.29, 0.717) is 88.2 Å². The number of nitrogens with one attached hydrogen (secondary N) is 2. The monoisotopic (exact) mass is 774 g/mol. The summed E-state index contributed by atoms with van der Waals surface area (Å²) in [4.78, 5) is 29.1. The van der Waals surface area contributed by atoms with E-state index in [4.69, 9.17) is 28.4 Å². The van der Waals surface area contributed by atoms with E-state index in [2.05, 4.69) is 27.7 Å². The number of carbonyl (C=O) groups is 2. The van der Waals surface area contributed by atoms with Crippen LogP contribution < -0.4 is 34.3 Å². The van der Waals surface area contributed by atoms with Gasteiger partial charge in [0.05, 0.1) is 31.9 Å². The maximum absolute atomic E-state index is 14.3. The third-order valence-electron chi connectivity index (χ3n) is 10.9. The molecular weight excluding hydrogens is 725 g/mol. The van der Waals surface area contributed by atoms with Gasteiger partial charge in [0.15, 0.2) is 23.0 Å². The zero-order valence-electron chi connectivity index (χ0n) is 32.7. The van der Waals surface area contributed by atoms with Crippen LogP contribution in [0.15, 0.2) is 18.2 Å². The molecular formula is C41H50N4O9S. The minimum Gasteiger partial charge on any atom is -0.504 e. The van der Waals surface area contributed by atoms with Gasteiger partial charge in [0.1, 0.15) is 30.2 Å². The van der Waals surface area contributed by atoms with Crippen molar-refractivity contribution in [3.8, 4) is 40.6 Å². The van der Waals surface area contributed by atoms with Gasteiger partial charge < -0.3 is 44.2 Å². The third kappa shape index (κ3) is 7.50. The summed E-state index contributed by atoms with van der Waals surface area (Å²) >= 11 is 1.67. The number of methoxy groups -OCH3 is 2. The number of carbonyl (C=O) groups excluding carboxylic acids is 2. The maximum atomic E-state index is 14.3. The molecule has 0 spiro atoms. The van der Waals surface area contributed by atoms with Gasteiger partial charge in [0, 0.05) is 47.5 Å². The number of aryl methyl sites for hydroxylation is 2. The number of thioether (sulfide) groups is 1. The van der Waals surface area contributed by atoms with Gasteiger partial charge in [-0.05, 0) is 94.3 Å². The van der Waals surface area contributed by atoms with Crippen molar-refractivity contribution in [1.29, 1.82) is 5.26 Å². The molecule has 0 saturated heterocycles. The summed E-state index contributed by atoms with van der Waals surface area (Å²) in [5.74, 6) is 1.95. The van der Waals surface area contributed by atoms with Crippen molar-refractivity contribution >= 4 is 23.7 Å². The van der Waals surface area contributed by atoms with Crippen LogP contribution in [-0.2, 0) is 27.2 Å². The number of esters is 2. The summed E-state index contributed by atoms with van der Waals surface area (Å²) in [6.45, 7) is 8.01. The predicted molar refractivity (Wildman–Crippen MR) is 208 cm³/mol. The highest BCUT2D eigenvalue weighted by Crippen LogP contribution is 2.51. The number of aromatic hydroxyl groups is 1.